The molecule has 1 aliphatic rings. The van der Waals surface area contributed by atoms with Crippen molar-refractivity contribution in [3.63, 3.8) is 0 Å². The molecule has 0 unspecified atom stereocenters. The molecule has 0 aromatic carbocycles. The topological polar surface area (TPSA) is 78.6 Å². The van der Waals surface area contributed by atoms with Crippen molar-refractivity contribution >= 4 is 29.9 Å². The third-order valence-electron chi connectivity index (χ3n) is 4.81. The van der Waals surface area contributed by atoms with Crippen molar-refractivity contribution < 1.29 is 4.52 Å². The molecule has 8 heteroatoms. The van der Waals surface area contributed by atoms with Crippen LogP contribution in [-0.4, -0.2) is 60.3 Å². The van der Waals surface area contributed by atoms with Crippen LogP contribution in [0, 0.1) is 0 Å². The van der Waals surface area contributed by atoms with E-state index in [1.54, 1.807) is 0 Å². The maximum Gasteiger partial charge on any atom is 0.226 e. The van der Waals surface area contributed by atoms with Gasteiger partial charge in [0.05, 0.1) is 0 Å². The second-order valence-electron chi connectivity index (χ2n) is 7.60. The summed E-state index contributed by atoms with van der Waals surface area (Å²) in [6.45, 7) is 12.5. The molecule has 0 atom stereocenters. The van der Waals surface area contributed by atoms with Crippen LogP contribution in [0.3, 0.4) is 0 Å². The molecular weight excluding hydrogens is 467 g/mol. The summed E-state index contributed by atoms with van der Waals surface area (Å²) in [7, 11) is 0. The molecule has 1 aromatic heterocycles. The lowest BCUT2D eigenvalue weighted by molar-refractivity contribution is 0.282. The maximum atomic E-state index is 5.28. The van der Waals surface area contributed by atoms with Crippen LogP contribution >= 0.6 is 24.0 Å². The summed E-state index contributed by atoms with van der Waals surface area (Å²) in [4.78, 5) is 11.7. The number of nitrogens with zero attached hydrogens (tertiary/aromatic N) is 4. The Labute approximate surface area is 187 Å². The van der Waals surface area contributed by atoms with Crippen LogP contribution in [0.15, 0.2) is 9.52 Å². The van der Waals surface area contributed by atoms with Crippen LogP contribution in [-0.2, 0) is 6.42 Å². The van der Waals surface area contributed by atoms with E-state index < -0.39 is 0 Å². The average molecular weight is 506 g/mol. The summed E-state index contributed by atoms with van der Waals surface area (Å²) in [6.07, 6.45) is 8.35. The minimum absolute atomic E-state index is 0. The zero-order valence-electron chi connectivity index (χ0n) is 17.9. The quantitative estimate of drug-likeness (QED) is 0.219. The number of aliphatic imine (C=N–C) groups is 1. The van der Waals surface area contributed by atoms with E-state index in [4.69, 9.17) is 4.52 Å². The second-order valence-corrected chi connectivity index (χ2v) is 7.60. The van der Waals surface area contributed by atoms with E-state index in [9.17, 15) is 0 Å². The third kappa shape index (κ3) is 10.0. The van der Waals surface area contributed by atoms with Crippen LogP contribution < -0.4 is 10.6 Å². The number of rotatable bonds is 10. The number of likely N-dealkylation sites (tertiary alicyclic amines) is 1. The van der Waals surface area contributed by atoms with Gasteiger partial charge in [-0.05, 0) is 52.2 Å². The second kappa shape index (κ2) is 15.0. The number of nitrogens with one attached hydrogen (secondary N) is 2. The number of aromatic nitrogens is 2. The fourth-order valence-electron chi connectivity index (χ4n) is 3.24. The summed E-state index contributed by atoms with van der Waals surface area (Å²) in [6, 6.07) is 0. The van der Waals surface area contributed by atoms with Gasteiger partial charge in [0, 0.05) is 32.0 Å². The predicted octanol–water partition coefficient (Wildman–Crippen LogP) is 3.56. The van der Waals surface area contributed by atoms with Gasteiger partial charge in [0.25, 0.3) is 0 Å². The molecule has 28 heavy (non-hydrogen) atoms. The van der Waals surface area contributed by atoms with E-state index in [1.165, 1.54) is 45.3 Å². The summed E-state index contributed by atoms with van der Waals surface area (Å²) in [5.74, 6) is 2.71. The van der Waals surface area contributed by atoms with Crippen LogP contribution in [0.5, 0.6) is 0 Å². The first kappa shape index (κ1) is 25.1. The molecule has 2 N–H and O–H groups in total. The first-order chi connectivity index (χ1) is 13.2. The summed E-state index contributed by atoms with van der Waals surface area (Å²) in [5.41, 5.74) is 0. The Morgan fingerprint density at radius 2 is 1.89 bits per heavy atom. The lowest BCUT2D eigenvalue weighted by atomic mass is 10.2. The van der Waals surface area contributed by atoms with Crippen molar-refractivity contribution in [1.29, 1.82) is 0 Å². The van der Waals surface area contributed by atoms with Gasteiger partial charge in [-0.2, -0.15) is 4.98 Å². The fourth-order valence-corrected chi connectivity index (χ4v) is 3.24. The maximum absolute atomic E-state index is 5.28. The van der Waals surface area contributed by atoms with E-state index in [1.807, 2.05) is 0 Å². The SMILES string of the molecule is CCNC(=NCCCc1nc(C(C)C)no1)NCCCN1CCCCCC1.I. The first-order valence-corrected chi connectivity index (χ1v) is 10.8. The zero-order chi connectivity index (χ0) is 19.3. The standard InChI is InChI=1S/C20H38N6O.HI/c1-4-21-20(23-13-10-16-26-14-7-5-6-8-15-26)22-12-9-11-18-24-19(17(2)3)25-27-18;/h17H,4-16H2,1-3H3,(H2,21,22,23);1H. The molecule has 0 bridgehead atoms. The van der Waals surface area contributed by atoms with Gasteiger partial charge in [0.1, 0.15) is 0 Å². The molecule has 7 nitrogen and oxygen atoms in total. The van der Waals surface area contributed by atoms with Gasteiger partial charge in [0.2, 0.25) is 5.89 Å². The summed E-state index contributed by atoms with van der Waals surface area (Å²) in [5, 5.41) is 10.8. The molecule has 2 heterocycles. The monoisotopic (exact) mass is 506 g/mol. The molecule has 1 fully saturated rings. The molecule has 0 aliphatic carbocycles. The Hall–Kier alpha value is -0.900. The molecule has 0 radical (unpaired) electrons. The van der Waals surface area contributed by atoms with Crippen molar-refractivity contribution in [3.05, 3.63) is 11.7 Å². The minimum atomic E-state index is 0. The molecule has 0 spiro atoms. The van der Waals surface area contributed by atoms with Gasteiger partial charge in [-0.25, -0.2) is 0 Å². The number of halogens is 1. The van der Waals surface area contributed by atoms with Gasteiger partial charge in [-0.3, -0.25) is 4.99 Å². The summed E-state index contributed by atoms with van der Waals surface area (Å²) < 4.78 is 5.28. The van der Waals surface area contributed by atoms with Crippen LogP contribution in [0.25, 0.3) is 0 Å². The van der Waals surface area contributed by atoms with Gasteiger partial charge in [0.15, 0.2) is 11.8 Å². The van der Waals surface area contributed by atoms with Gasteiger partial charge in [-0.15, -0.1) is 24.0 Å². The summed E-state index contributed by atoms with van der Waals surface area (Å²) >= 11 is 0. The van der Waals surface area contributed by atoms with E-state index >= 15 is 0 Å². The number of hydrogen-bond acceptors (Lipinski definition) is 5. The van der Waals surface area contributed by atoms with Crippen molar-refractivity contribution in [2.24, 2.45) is 4.99 Å². The van der Waals surface area contributed by atoms with Crippen molar-refractivity contribution in [2.45, 2.75) is 71.6 Å². The van der Waals surface area contributed by atoms with Crippen LogP contribution in [0.1, 0.15) is 76.9 Å². The normalized spacial score (nSPS) is 15.9. The fraction of sp³-hybridized carbons (Fsp3) is 0.850. The van der Waals surface area contributed by atoms with Crippen molar-refractivity contribution in [3.8, 4) is 0 Å². The van der Waals surface area contributed by atoms with E-state index in [0.717, 1.165) is 50.7 Å². The minimum Gasteiger partial charge on any atom is -0.357 e. The Morgan fingerprint density at radius 3 is 2.54 bits per heavy atom. The Balaban J connectivity index is 0.00000392. The number of hydrogen-bond donors (Lipinski definition) is 2. The number of guanidine groups is 1. The highest BCUT2D eigenvalue weighted by atomic mass is 127. The molecule has 0 amide bonds. The zero-order valence-corrected chi connectivity index (χ0v) is 20.2. The number of aryl methyl sites for hydroxylation is 1. The van der Waals surface area contributed by atoms with Gasteiger partial charge in [-0.1, -0.05) is 31.8 Å². The van der Waals surface area contributed by atoms with Gasteiger partial charge >= 0.3 is 0 Å². The lowest BCUT2D eigenvalue weighted by Crippen LogP contribution is -2.39. The predicted molar refractivity (Wildman–Crippen MR) is 126 cm³/mol. The Kier molecular flexibility index (Phi) is 13.5. The highest BCUT2D eigenvalue weighted by Gasteiger charge is 2.10. The van der Waals surface area contributed by atoms with Crippen LogP contribution in [0.4, 0.5) is 0 Å². The van der Waals surface area contributed by atoms with Crippen molar-refractivity contribution in [1.82, 2.24) is 25.7 Å². The molecule has 162 valence electrons. The average Bonchev–Trinajstić information content (AvgIpc) is 2.98. The third-order valence-corrected chi connectivity index (χ3v) is 4.81. The largest absolute Gasteiger partial charge is 0.357 e. The molecular formula is C20H39IN6O. The first-order valence-electron chi connectivity index (χ1n) is 10.8. The smallest absolute Gasteiger partial charge is 0.226 e. The highest BCUT2D eigenvalue weighted by Crippen LogP contribution is 2.11. The van der Waals surface area contributed by atoms with Gasteiger partial charge < -0.3 is 20.1 Å². The highest BCUT2D eigenvalue weighted by molar-refractivity contribution is 14.0. The molecule has 1 saturated heterocycles. The molecule has 2 rings (SSSR count). The van der Waals surface area contributed by atoms with E-state index in [-0.39, 0.29) is 24.0 Å². The van der Waals surface area contributed by atoms with Crippen molar-refractivity contribution in [2.75, 3.05) is 39.3 Å². The molecule has 0 saturated carbocycles. The van der Waals surface area contributed by atoms with E-state index in [0.29, 0.717) is 11.8 Å². The van der Waals surface area contributed by atoms with E-state index in [2.05, 4.69) is 51.4 Å². The lowest BCUT2D eigenvalue weighted by Gasteiger charge is -2.20. The molecule has 1 aromatic rings. The van der Waals surface area contributed by atoms with Crippen LogP contribution in [0.2, 0.25) is 0 Å². The Bertz CT molecular complexity index is 541. The molecule has 1 aliphatic heterocycles. The Morgan fingerprint density at radius 1 is 1.14 bits per heavy atom.